The van der Waals surface area contributed by atoms with Gasteiger partial charge in [0, 0.05) is 44.3 Å². The first-order valence-electron chi connectivity index (χ1n) is 12.9. The van der Waals surface area contributed by atoms with Gasteiger partial charge < -0.3 is 14.2 Å². The van der Waals surface area contributed by atoms with Crippen LogP contribution in [0.2, 0.25) is 0 Å². The molecule has 3 aromatic rings. The van der Waals surface area contributed by atoms with Crippen molar-refractivity contribution in [2.45, 2.75) is 64.5 Å². The minimum atomic E-state index is -4.73. The highest BCUT2D eigenvalue weighted by atomic mass is 19.4. The molecular weight excluding hydrogens is 495 g/mol. The fourth-order valence-corrected chi connectivity index (χ4v) is 5.51. The highest BCUT2D eigenvalue weighted by Gasteiger charge is 2.37. The number of nitriles is 1. The first-order valence-corrected chi connectivity index (χ1v) is 12.9. The van der Waals surface area contributed by atoms with Gasteiger partial charge in [-0.1, -0.05) is 32.9 Å². The minimum absolute atomic E-state index is 0.0137. The highest BCUT2D eigenvalue weighted by Crippen LogP contribution is 2.36. The summed E-state index contributed by atoms with van der Waals surface area (Å²) in [7, 11) is 1.70. The number of halogens is 3. The number of nitrogens with zero attached hydrogens (tertiary/aromatic N) is 5. The van der Waals surface area contributed by atoms with E-state index in [2.05, 4.69) is 46.4 Å². The Morgan fingerprint density at radius 2 is 1.76 bits per heavy atom. The van der Waals surface area contributed by atoms with Gasteiger partial charge in [-0.25, -0.2) is 4.98 Å². The second kappa shape index (κ2) is 11.0. The average Bonchev–Trinajstić information content (AvgIpc) is 2.90. The standard InChI is InChI=1S/C28H32F3N5O2/c1-5-20-17-36(25-14-26(37)34(4)24-13-10-19(15-32)33-27(24)25)21(6-2)16-35(20)23(7-3)18-8-11-22(12-9-18)38-28(29,30)31/h8-14,20-21,23H,5-7,16-17H2,1-4H3/t20-,21+,23?/m1/s1. The Bertz CT molecular complexity index is 1380. The Labute approximate surface area is 220 Å². The SMILES string of the molecule is CCC(c1ccc(OC(F)(F)F)cc1)N1C[C@H](CC)N(c2cc(=O)n(C)c3ccc(C#N)nc23)C[C@H]1CC. The fraction of sp³-hybridized carbons (Fsp3) is 0.464. The molecule has 10 heteroatoms. The van der Waals surface area contributed by atoms with Crippen LogP contribution < -0.4 is 15.2 Å². The largest absolute Gasteiger partial charge is 0.573 e. The van der Waals surface area contributed by atoms with Crippen molar-refractivity contribution in [3.05, 3.63) is 64.1 Å². The zero-order valence-electron chi connectivity index (χ0n) is 22.0. The predicted octanol–water partition coefficient (Wildman–Crippen LogP) is 5.53. The van der Waals surface area contributed by atoms with Crippen LogP contribution in [0.3, 0.4) is 0 Å². The lowest BCUT2D eigenvalue weighted by Gasteiger charge is -2.50. The molecule has 38 heavy (non-hydrogen) atoms. The molecule has 0 radical (unpaired) electrons. The second-order valence-electron chi connectivity index (χ2n) is 9.62. The van der Waals surface area contributed by atoms with Crippen LogP contribution in [0.15, 0.2) is 47.3 Å². The van der Waals surface area contributed by atoms with Crippen molar-refractivity contribution in [2.75, 3.05) is 18.0 Å². The third kappa shape index (κ3) is 5.48. The van der Waals surface area contributed by atoms with Crippen LogP contribution in [0.4, 0.5) is 18.9 Å². The van der Waals surface area contributed by atoms with Crippen LogP contribution >= 0.6 is 0 Å². The third-order valence-corrected chi connectivity index (χ3v) is 7.46. The van der Waals surface area contributed by atoms with Crippen molar-refractivity contribution in [2.24, 2.45) is 7.05 Å². The number of aromatic nitrogens is 2. The molecule has 0 spiro atoms. The van der Waals surface area contributed by atoms with E-state index in [0.717, 1.165) is 30.5 Å². The van der Waals surface area contributed by atoms with Gasteiger partial charge in [0.2, 0.25) is 0 Å². The zero-order valence-corrected chi connectivity index (χ0v) is 22.0. The van der Waals surface area contributed by atoms with Gasteiger partial charge in [-0.05, 0) is 49.1 Å². The van der Waals surface area contributed by atoms with Crippen molar-refractivity contribution >= 4 is 16.7 Å². The molecule has 0 N–H and O–H groups in total. The summed E-state index contributed by atoms with van der Waals surface area (Å²) < 4.78 is 43.5. The molecule has 3 heterocycles. The van der Waals surface area contributed by atoms with Crippen molar-refractivity contribution < 1.29 is 17.9 Å². The van der Waals surface area contributed by atoms with Crippen molar-refractivity contribution in [3.63, 3.8) is 0 Å². The molecule has 3 atom stereocenters. The molecule has 0 aliphatic carbocycles. The fourth-order valence-electron chi connectivity index (χ4n) is 5.51. The number of hydrogen-bond donors (Lipinski definition) is 0. The van der Waals surface area contributed by atoms with Gasteiger partial charge in [0.05, 0.1) is 11.2 Å². The number of fused-ring (bicyclic) bond motifs is 1. The molecule has 0 saturated carbocycles. The monoisotopic (exact) mass is 527 g/mol. The van der Waals surface area contributed by atoms with Gasteiger partial charge in [0.15, 0.2) is 0 Å². The lowest BCUT2D eigenvalue weighted by Crippen LogP contribution is -2.59. The first kappa shape index (κ1) is 27.5. The Morgan fingerprint density at radius 1 is 1.08 bits per heavy atom. The Balaban J connectivity index is 1.69. The summed E-state index contributed by atoms with van der Waals surface area (Å²) >= 11 is 0. The molecule has 1 fully saturated rings. The predicted molar refractivity (Wildman–Crippen MR) is 140 cm³/mol. The lowest BCUT2D eigenvalue weighted by molar-refractivity contribution is -0.274. The van der Waals surface area contributed by atoms with Crippen LogP contribution in [0.25, 0.3) is 11.0 Å². The number of ether oxygens (including phenoxy) is 1. The number of pyridine rings is 2. The third-order valence-electron chi connectivity index (χ3n) is 7.46. The van der Waals surface area contributed by atoms with Gasteiger partial charge in [-0.2, -0.15) is 5.26 Å². The summed E-state index contributed by atoms with van der Waals surface area (Å²) in [6.45, 7) is 7.66. The van der Waals surface area contributed by atoms with E-state index in [1.807, 2.05) is 0 Å². The van der Waals surface area contributed by atoms with Gasteiger partial charge in [-0.15, -0.1) is 13.2 Å². The second-order valence-corrected chi connectivity index (χ2v) is 9.62. The summed E-state index contributed by atoms with van der Waals surface area (Å²) in [6.07, 6.45) is -2.28. The summed E-state index contributed by atoms with van der Waals surface area (Å²) in [5.41, 5.74) is 3.11. The molecule has 0 bridgehead atoms. The van der Waals surface area contributed by atoms with E-state index in [4.69, 9.17) is 0 Å². The maximum atomic E-state index is 12.9. The quantitative estimate of drug-likeness (QED) is 0.402. The van der Waals surface area contributed by atoms with E-state index in [0.29, 0.717) is 29.8 Å². The molecule has 1 aliphatic rings. The van der Waals surface area contributed by atoms with E-state index in [-0.39, 0.29) is 29.4 Å². The maximum Gasteiger partial charge on any atom is 0.573 e. The van der Waals surface area contributed by atoms with Gasteiger partial charge in [0.1, 0.15) is 23.0 Å². The first-order chi connectivity index (χ1) is 18.1. The van der Waals surface area contributed by atoms with E-state index in [1.54, 1.807) is 41.9 Å². The molecule has 7 nitrogen and oxygen atoms in total. The Kier molecular flexibility index (Phi) is 7.97. The van der Waals surface area contributed by atoms with Crippen LogP contribution in [-0.4, -0.2) is 46.0 Å². The molecule has 1 unspecified atom stereocenters. The minimum Gasteiger partial charge on any atom is -0.406 e. The molecule has 1 aliphatic heterocycles. The summed E-state index contributed by atoms with van der Waals surface area (Å²) in [4.78, 5) is 22.1. The number of benzene rings is 1. The van der Waals surface area contributed by atoms with Gasteiger partial charge >= 0.3 is 6.36 Å². The molecular formula is C28H32F3N5O2. The summed E-state index contributed by atoms with van der Waals surface area (Å²) in [6, 6.07) is 13.4. The number of rotatable bonds is 7. The number of piperazine rings is 1. The number of alkyl halides is 3. The topological polar surface area (TPSA) is 74.4 Å². The Hall–Kier alpha value is -3.58. The highest BCUT2D eigenvalue weighted by molar-refractivity contribution is 5.89. The average molecular weight is 528 g/mol. The van der Waals surface area contributed by atoms with E-state index in [9.17, 15) is 23.2 Å². The molecule has 1 saturated heterocycles. The lowest BCUT2D eigenvalue weighted by atomic mass is 9.94. The van der Waals surface area contributed by atoms with Crippen LogP contribution in [0, 0.1) is 11.3 Å². The summed E-state index contributed by atoms with van der Waals surface area (Å²) in [5, 5.41) is 9.44. The summed E-state index contributed by atoms with van der Waals surface area (Å²) in [5.74, 6) is -0.235. The van der Waals surface area contributed by atoms with Crippen LogP contribution in [0.1, 0.15) is 57.3 Å². The smallest absolute Gasteiger partial charge is 0.406 e. The van der Waals surface area contributed by atoms with Crippen molar-refractivity contribution in [1.29, 1.82) is 5.26 Å². The number of anilines is 1. The molecule has 0 amide bonds. The molecule has 202 valence electrons. The van der Waals surface area contributed by atoms with Crippen LogP contribution in [-0.2, 0) is 7.05 Å². The van der Waals surface area contributed by atoms with Crippen LogP contribution in [0.5, 0.6) is 5.75 Å². The van der Waals surface area contributed by atoms with E-state index < -0.39 is 6.36 Å². The van der Waals surface area contributed by atoms with Gasteiger partial charge in [-0.3, -0.25) is 9.69 Å². The Morgan fingerprint density at radius 3 is 2.34 bits per heavy atom. The van der Waals surface area contributed by atoms with E-state index >= 15 is 0 Å². The van der Waals surface area contributed by atoms with E-state index in [1.165, 1.54) is 12.1 Å². The van der Waals surface area contributed by atoms with Crippen molar-refractivity contribution in [3.8, 4) is 11.8 Å². The molecule has 1 aromatic carbocycles. The molecule has 2 aromatic heterocycles. The zero-order chi connectivity index (χ0) is 27.6. The number of hydrogen-bond acceptors (Lipinski definition) is 6. The number of aryl methyl sites for hydroxylation is 1. The maximum absolute atomic E-state index is 12.9. The van der Waals surface area contributed by atoms with Crippen molar-refractivity contribution in [1.82, 2.24) is 14.5 Å². The molecule has 4 rings (SSSR count). The van der Waals surface area contributed by atoms with Gasteiger partial charge in [0.25, 0.3) is 5.56 Å². The normalized spacial score (nSPS) is 19.4.